The second kappa shape index (κ2) is 13.8. The van der Waals surface area contributed by atoms with Gasteiger partial charge in [0.25, 0.3) is 5.56 Å². The maximum Gasteiger partial charge on any atom is 0.338 e. The molecule has 3 aromatic carbocycles. The number of carbonyl (C=O) groups is 1. The summed E-state index contributed by atoms with van der Waals surface area (Å²) in [6.45, 7) is 8.63. The quantitative estimate of drug-likeness (QED) is 0.154. The van der Waals surface area contributed by atoms with Gasteiger partial charge in [0.1, 0.15) is 12.4 Å². The molecular weight excluding hydrogens is 691 g/mol. The Bertz CT molecular complexity index is 1890. The summed E-state index contributed by atoms with van der Waals surface area (Å²) in [5, 5.41) is 0. The van der Waals surface area contributed by atoms with Crippen molar-refractivity contribution in [1.82, 2.24) is 4.57 Å². The normalized spacial score (nSPS) is 14.6. The topological polar surface area (TPSA) is 88.4 Å². The Hall–Kier alpha value is -3.90. The lowest BCUT2D eigenvalue weighted by Gasteiger charge is -2.24. The van der Waals surface area contributed by atoms with Crippen LogP contribution in [-0.2, 0) is 16.1 Å². The van der Waals surface area contributed by atoms with E-state index in [-0.39, 0.29) is 12.2 Å². The van der Waals surface area contributed by atoms with Gasteiger partial charge in [-0.25, -0.2) is 9.79 Å². The standard InChI is InChI=1S/C34H33IN2O6S/c1-6-41-25-14-12-24(13-15-25)30-29(33(39)42-7-2)21(4)36-34-37(30)32(38)28(44-34)18-23-16-26(35)31(27(17-23)40-5)43-19-22-10-8-20(3)9-11-22/h8-18,30H,6-7,19H2,1-5H3/b28-18+/t30-/m1/s1. The smallest absolute Gasteiger partial charge is 0.338 e. The average Bonchev–Trinajstić information content (AvgIpc) is 3.30. The molecule has 0 N–H and O–H groups in total. The molecule has 0 spiro atoms. The minimum absolute atomic E-state index is 0.210. The molecule has 5 rings (SSSR count). The van der Waals surface area contributed by atoms with Crippen LogP contribution in [0.5, 0.6) is 17.2 Å². The van der Waals surface area contributed by atoms with Crippen molar-refractivity contribution >= 4 is 46.0 Å². The lowest BCUT2D eigenvalue weighted by atomic mass is 9.96. The van der Waals surface area contributed by atoms with Gasteiger partial charge >= 0.3 is 5.97 Å². The van der Waals surface area contributed by atoms with Gasteiger partial charge < -0.3 is 18.9 Å². The average molecular weight is 725 g/mol. The molecular formula is C34H33IN2O6S. The SMILES string of the molecule is CCOC(=O)C1=C(C)N=c2s/c(=C/c3cc(I)c(OCc4ccc(C)cc4)c(OC)c3)c(=O)n2[C@@H]1c1ccc(OCC)cc1. The van der Waals surface area contributed by atoms with Crippen LogP contribution in [0.3, 0.4) is 0 Å². The van der Waals surface area contributed by atoms with Crippen LogP contribution in [0.4, 0.5) is 0 Å². The summed E-state index contributed by atoms with van der Waals surface area (Å²) < 4.78 is 25.7. The first-order valence-corrected chi connectivity index (χ1v) is 16.1. The number of methoxy groups -OCH3 is 1. The van der Waals surface area contributed by atoms with Crippen molar-refractivity contribution in [3.8, 4) is 17.2 Å². The predicted octanol–water partition coefficient (Wildman–Crippen LogP) is 5.70. The Labute approximate surface area is 273 Å². The van der Waals surface area contributed by atoms with Crippen molar-refractivity contribution in [3.63, 3.8) is 0 Å². The second-order valence-electron chi connectivity index (χ2n) is 10.1. The van der Waals surface area contributed by atoms with E-state index >= 15 is 0 Å². The highest BCUT2D eigenvalue weighted by atomic mass is 127. The lowest BCUT2D eigenvalue weighted by molar-refractivity contribution is -0.139. The molecule has 1 aromatic heterocycles. The van der Waals surface area contributed by atoms with E-state index < -0.39 is 12.0 Å². The fourth-order valence-electron chi connectivity index (χ4n) is 4.97. The molecule has 0 aliphatic carbocycles. The highest BCUT2D eigenvalue weighted by Crippen LogP contribution is 2.35. The van der Waals surface area contributed by atoms with Crippen molar-refractivity contribution in [2.75, 3.05) is 20.3 Å². The number of aryl methyl sites for hydroxylation is 1. The van der Waals surface area contributed by atoms with Crippen LogP contribution >= 0.6 is 33.9 Å². The third-order valence-electron chi connectivity index (χ3n) is 7.08. The Balaban J connectivity index is 1.56. The van der Waals surface area contributed by atoms with Crippen molar-refractivity contribution < 1.29 is 23.7 Å². The summed E-state index contributed by atoms with van der Waals surface area (Å²) in [6.07, 6.45) is 1.82. The molecule has 1 aliphatic rings. The van der Waals surface area contributed by atoms with Crippen molar-refractivity contribution in [2.45, 2.75) is 40.3 Å². The molecule has 0 amide bonds. The number of ether oxygens (including phenoxy) is 4. The third-order valence-corrected chi connectivity index (χ3v) is 8.86. The lowest BCUT2D eigenvalue weighted by Crippen LogP contribution is -2.39. The largest absolute Gasteiger partial charge is 0.494 e. The van der Waals surface area contributed by atoms with Gasteiger partial charge in [-0.15, -0.1) is 0 Å². The van der Waals surface area contributed by atoms with E-state index in [0.29, 0.717) is 51.1 Å². The molecule has 1 aliphatic heterocycles. The summed E-state index contributed by atoms with van der Waals surface area (Å²) in [5.41, 5.74) is 4.37. The first kappa shape index (κ1) is 31.5. The van der Waals surface area contributed by atoms with E-state index in [1.165, 1.54) is 16.9 Å². The van der Waals surface area contributed by atoms with Crippen molar-refractivity contribution in [1.29, 1.82) is 0 Å². The molecule has 0 unspecified atom stereocenters. The van der Waals surface area contributed by atoms with E-state index in [0.717, 1.165) is 20.3 Å². The number of nitrogens with zero attached hydrogens (tertiary/aromatic N) is 2. The Morgan fingerprint density at radius 2 is 1.75 bits per heavy atom. The zero-order valence-electron chi connectivity index (χ0n) is 25.2. The van der Waals surface area contributed by atoms with Crippen LogP contribution < -0.4 is 29.1 Å². The number of halogens is 1. The Kier molecular flexibility index (Phi) is 9.90. The molecule has 8 nitrogen and oxygen atoms in total. The van der Waals surface area contributed by atoms with Crippen LogP contribution in [-0.4, -0.2) is 30.9 Å². The number of aromatic nitrogens is 1. The van der Waals surface area contributed by atoms with E-state index in [2.05, 4.69) is 39.7 Å². The summed E-state index contributed by atoms with van der Waals surface area (Å²) in [5.74, 6) is 1.41. The second-order valence-corrected chi connectivity index (χ2v) is 12.3. The van der Waals surface area contributed by atoms with Crippen LogP contribution in [0.15, 0.2) is 81.7 Å². The van der Waals surface area contributed by atoms with Gasteiger partial charge in [0.2, 0.25) is 0 Å². The summed E-state index contributed by atoms with van der Waals surface area (Å²) in [4.78, 5) is 32.4. The van der Waals surface area contributed by atoms with Crippen molar-refractivity contribution in [3.05, 3.63) is 117 Å². The highest BCUT2D eigenvalue weighted by Gasteiger charge is 2.33. The van der Waals surface area contributed by atoms with E-state index in [4.69, 9.17) is 18.9 Å². The summed E-state index contributed by atoms with van der Waals surface area (Å²) in [6, 6.07) is 18.7. The molecule has 0 bridgehead atoms. The van der Waals surface area contributed by atoms with Gasteiger partial charge in [-0.1, -0.05) is 53.3 Å². The Morgan fingerprint density at radius 3 is 2.41 bits per heavy atom. The molecule has 44 heavy (non-hydrogen) atoms. The fraction of sp³-hybridized carbons (Fsp3) is 0.265. The maximum absolute atomic E-state index is 14.0. The number of hydrogen-bond acceptors (Lipinski definition) is 8. The molecule has 0 saturated carbocycles. The fourth-order valence-corrected chi connectivity index (χ4v) is 6.80. The van der Waals surface area contributed by atoms with Gasteiger partial charge in [0, 0.05) is 0 Å². The third kappa shape index (κ3) is 6.61. The summed E-state index contributed by atoms with van der Waals surface area (Å²) >= 11 is 3.49. The minimum atomic E-state index is -0.699. The van der Waals surface area contributed by atoms with Gasteiger partial charge in [-0.3, -0.25) is 9.36 Å². The molecule has 0 fully saturated rings. The molecule has 10 heteroatoms. The number of fused-ring (bicyclic) bond motifs is 1. The van der Waals surface area contributed by atoms with Crippen LogP contribution in [0, 0.1) is 10.5 Å². The van der Waals surface area contributed by atoms with Gasteiger partial charge in [-0.2, -0.15) is 0 Å². The number of allylic oxidation sites excluding steroid dienone is 1. The Morgan fingerprint density at radius 1 is 1.02 bits per heavy atom. The predicted molar refractivity (Wildman–Crippen MR) is 179 cm³/mol. The monoisotopic (exact) mass is 724 g/mol. The van der Waals surface area contributed by atoms with E-state index in [1.54, 1.807) is 25.5 Å². The molecule has 228 valence electrons. The first-order chi connectivity index (χ1) is 21.2. The van der Waals surface area contributed by atoms with E-state index in [1.807, 2.05) is 68.5 Å². The minimum Gasteiger partial charge on any atom is -0.494 e. The zero-order chi connectivity index (χ0) is 31.4. The number of rotatable bonds is 10. The van der Waals surface area contributed by atoms with Crippen molar-refractivity contribution in [2.24, 2.45) is 4.99 Å². The summed E-state index contributed by atoms with van der Waals surface area (Å²) in [7, 11) is 1.60. The number of hydrogen-bond donors (Lipinski definition) is 0. The molecule has 2 heterocycles. The molecule has 1 atom stereocenters. The number of thiazole rings is 1. The van der Waals surface area contributed by atoms with E-state index in [9.17, 15) is 9.59 Å². The highest BCUT2D eigenvalue weighted by molar-refractivity contribution is 14.1. The van der Waals surface area contributed by atoms with Crippen LogP contribution in [0.1, 0.15) is 49.1 Å². The number of esters is 1. The zero-order valence-corrected chi connectivity index (χ0v) is 28.2. The van der Waals surface area contributed by atoms with Gasteiger partial charge in [-0.05, 0) is 97.3 Å². The number of carbonyl (C=O) groups excluding carboxylic acids is 1. The first-order valence-electron chi connectivity index (χ1n) is 14.2. The maximum atomic E-state index is 14.0. The van der Waals surface area contributed by atoms with Crippen LogP contribution in [0.25, 0.3) is 6.08 Å². The number of benzene rings is 3. The van der Waals surface area contributed by atoms with Gasteiger partial charge in [0.05, 0.1) is 45.7 Å². The van der Waals surface area contributed by atoms with Crippen LogP contribution in [0.2, 0.25) is 0 Å². The van der Waals surface area contributed by atoms with Gasteiger partial charge in [0.15, 0.2) is 16.3 Å². The molecule has 0 radical (unpaired) electrons. The molecule has 0 saturated heterocycles. The molecule has 4 aromatic rings.